The van der Waals surface area contributed by atoms with Gasteiger partial charge in [-0.05, 0) is 40.9 Å². The van der Waals surface area contributed by atoms with E-state index in [-0.39, 0.29) is 12.6 Å². The van der Waals surface area contributed by atoms with E-state index >= 15 is 0 Å². The number of anilines is 1. The van der Waals surface area contributed by atoms with Crippen LogP contribution >= 0.6 is 15.9 Å². The molecule has 0 radical (unpaired) electrons. The first-order chi connectivity index (χ1) is 10.0. The monoisotopic (exact) mass is 354 g/mol. The van der Waals surface area contributed by atoms with Crippen molar-refractivity contribution in [3.05, 3.63) is 28.7 Å². The van der Waals surface area contributed by atoms with Crippen LogP contribution in [0.3, 0.4) is 0 Å². The summed E-state index contributed by atoms with van der Waals surface area (Å²) >= 11 is 3.35. The first kappa shape index (κ1) is 15.8. The van der Waals surface area contributed by atoms with Crippen molar-refractivity contribution in [2.75, 3.05) is 11.9 Å². The molecule has 0 aromatic heterocycles. The van der Waals surface area contributed by atoms with Crippen molar-refractivity contribution in [2.24, 2.45) is 5.41 Å². The van der Waals surface area contributed by atoms with Crippen molar-refractivity contribution in [3.63, 3.8) is 0 Å². The van der Waals surface area contributed by atoms with Gasteiger partial charge >= 0.3 is 12.0 Å². The maximum absolute atomic E-state index is 11.9. The van der Waals surface area contributed by atoms with Gasteiger partial charge in [-0.3, -0.25) is 4.79 Å². The van der Waals surface area contributed by atoms with Crippen LogP contribution in [0.5, 0.6) is 0 Å². The van der Waals surface area contributed by atoms with Crippen LogP contribution in [0.4, 0.5) is 10.5 Å². The highest BCUT2D eigenvalue weighted by Crippen LogP contribution is 2.36. The van der Waals surface area contributed by atoms with Gasteiger partial charge in [0, 0.05) is 11.0 Å². The average molecular weight is 355 g/mol. The summed E-state index contributed by atoms with van der Waals surface area (Å²) in [6.45, 7) is 0.165. The number of benzene rings is 1. The molecule has 0 aliphatic heterocycles. The molecule has 1 aromatic rings. The van der Waals surface area contributed by atoms with Crippen LogP contribution in [0.1, 0.15) is 32.1 Å². The zero-order valence-electron chi connectivity index (χ0n) is 11.7. The molecule has 1 aromatic carbocycles. The van der Waals surface area contributed by atoms with Crippen molar-refractivity contribution in [3.8, 4) is 0 Å². The highest BCUT2D eigenvalue weighted by molar-refractivity contribution is 9.10. The van der Waals surface area contributed by atoms with E-state index in [2.05, 4.69) is 26.6 Å². The van der Waals surface area contributed by atoms with Gasteiger partial charge < -0.3 is 15.7 Å². The Morgan fingerprint density at radius 3 is 2.48 bits per heavy atom. The Morgan fingerprint density at radius 1 is 1.19 bits per heavy atom. The molecule has 1 saturated carbocycles. The largest absolute Gasteiger partial charge is 0.481 e. The van der Waals surface area contributed by atoms with E-state index in [0.717, 1.165) is 23.7 Å². The van der Waals surface area contributed by atoms with Crippen molar-refractivity contribution in [2.45, 2.75) is 32.1 Å². The third kappa shape index (κ3) is 3.97. The molecule has 0 heterocycles. The number of carbonyl (C=O) groups excluding carboxylic acids is 1. The zero-order valence-corrected chi connectivity index (χ0v) is 13.3. The second-order valence-electron chi connectivity index (χ2n) is 5.43. The molecule has 21 heavy (non-hydrogen) atoms. The van der Waals surface area contributed by atoms with Crippen LogP contribution in [0.15, 0.2) is 28.7 Å². The highest BCUT2D eigenvalue weighted by atomic mass is 79.9. The summed E-state index contributed by atoms with van der Waals surface area (Å²) in [5.74, 6) is -0.816. The molecule has 0 spiro atoms. The highest BCUT2D eigenvalue weighted by Gasteiger charge is 2.39. The van der Waals surface area contributed by atoms with Gasteiger partial charge in [0.05, 0.1) is 11.1 Å². The molecule has 2 amide bonds. The minimum atomic E-state index is -0.816. The average Bonchev–Trinajstić information content (AvgIpc) is 2.48. The molecular weight excluding hydrogens is 336 g/mol. The van der Waals surface area contributed by atoms with Gasteiger partial charge in [0.2, 0.25) is 0 Å². The van der Waals surface area contributed by atoms with Gasteiger partial charge in [0.1, 0.15) is 0 Å². The lowest BCUT2D eigenvalue weighted by molar-refractivity contribution is -0.150. The van der Waals surface area contributed by atoms with Gasteiger partial charge in [-0.1, -0.05) is 31.4 Å². The Balaban J connectivity index is 1.93. The van der Waals surface area contributed by atoms with E-state index in [0.29, 0.717) is 18.5 Å². The third-order valence-corrected chi connectivity index (χ3v) is 4.67. The molecule has 0 atom stereocenters. The van der Waals surface area contributed by atoms with E-state index in [9.17, 15) is 14.7 Å². The Kier molecular flexibility index (Phi) is 5.22. The first-order valence-electron chi connectivity index (χ1n) is 7.06. The summed E-state index contributed by atoms with van der Waals surface area (Å²) in [6, 6.07) is 6.90. The van der Waals surface area contributed by atoms with E-state index < -0.39 is 11.4 Å². The van der Waals surface area contributed by atoms with Gasteiger partial charge in [-0.15, -0.1) is 0 Å². The van der Waals surface area contributed by atoms with Gasteiger partial charge in [0.25, 0.3) is 0 Å². The Labute approximate surface area is 132 Å². The fourth-order valence-corrected chi connectivity index (χ4v) is 3.06. The van der Waals surface area contributed by atoms with E-state index in [1.54, 1.807) is 6.07 Å². The number of carbonyl (C=O) groups is 2. The van der Waals surface area contributed by atoms with Crippen molar-refractivity contribution in [1.29, 1.82) is 0 Å². The van der Waals surface area contributed by atoms with Crippen LogP contribution < -0.4 is 10.6 Å². The van der Waals surface area contributed by atoms with Crippen molar-refractivity contribution >= 4 is 33.6 Å². The summed E-state index contributed by atoms with van der Waals surface area (Å²) in [4.78, 5) is 23.5. The lowest BCUT2D eigenvalue weighted by Gasteiger charge is -2.33. The molecule has 0 saturated heterocycles. The molecular formula is C15H19BrN2O3. The molecule has 0 bridgehead atoms. The lowest BCUT2D eigenvalue weighted by atomic mass is 9.74. The standard InChI is InChI=1S/C15H19BrN2O3/c16-11-6-2-3-7-12(11)18-14(21)17-10-15(13(19)20)8-4-1-5-9-15/h2-3,6-7H,1,4-5,8-10H2,(H,19,20)(H2,17,18,21). The number of urea groups is 1. The molecule has 1 fully saturated rings. The summed E-state index contributed by atoms with van der Waals surface area (Å²) in [6.07, 6.45) is 4.12. The van der Waals surface area contributed by atoms with Crippen molar-refractivity contribution < 1.29 is 14.7 Å². The van der Waals surface area contributed by atoms with Crippen LogP contribution in [-0.4, -0.2) is 23.7 Å². The number of carboxylic acids is 1. The smallest absolute Gasteiger partial charge is 0.319 e. The summed E-state index contributed by atoms with van der Waals surface area (Å²) in [5.41, 5.74) is -0.160. The number of para-hydroxylation sites is 1. The van der Waals surface area contributed by atoms with Crippen molar-refractivity contribution in [1.82, 2.24) is 5.32 Å². The van der Waals surface area contributed by atoms with E-state index in [1.807, 2.05) is 18.2 Å². The Hall–Kier alpha value is -1.56. The quantitative estimate of drug-likeness (QED) is 0.772. The molecule has 114 valence electrons. The molecule has 3 N–H and O–H groups in total. The molecule has 6 heteroatoms. The Morgan fingerprint density at radius 2 is 1.86 bits per heavy atom. The molecule has 2 rings (SSSR count). The number of halogens is 1. The van der Waals surface area contributed by atoms with E-state index in [4.69, 9.17) is 0 Å². The van der Waals surface area contributed by atoms with Gasteiger partial charge in [0.15, 0.2) is 0 Å². The number of rotatable bonds is 4. The van der Waals surface area contributed by atoms with Gasteiger partial charge in [-0.2, -0.15) is 0 Å². The Bertz CT molecular complexity index is 527. The predicted molar refractivity (Wildman–Crippen MR) is 84.3 cm³/mol. The minimum absolute atomic E-state index is 0.165. The van der Waals surface area contributed by atoms with Crippen LogP contribution in [-0.2, 0) is 4.79 Å². The maximum Gasteiger partial charge on any atom is 0.319 e. The normalized spacial score (nSPS) is 17.0. The molecule has 0 unspecified atom stereocenters. The van der Waals surface area contributed by atoms with E-state index in [1.165, 1.54) is 0 Å². The second kappa shape index (κ2) is 6.93. The fourth-order valence-electron chi connectivity index (χ4n) is 2.67. The third-order valence-electron chi connectivity index (χ3n) is 3.97. The number of nitrogens with one attached hydrogen (secondary N) is 2. The first-order valence-corrected chi connectivity index (χ1v) is 7.86. The topological polar surface area (TPSA) is 78.4 Å². The predicted octanol–water partition coefficient (Wildman–Crippen LogP) is 3.61. The summed E-state index contributed by atoms with van der Waals surface area (Å²) in [7, 11) is 0. The number of amides is 2. The zero-order chi connectivity index (χ0) is 15.3. The number of hydrogen-bond donors (Lipinski definition) is 3. The SMILES string of the molecule is O=C(NCC1(C(=O)O)CCCCC1)Nc1ccccc1Br. The second-order valence-corrected chi connectivity index (χ2v) is 6.29. The summed E-state index contributed by atoms with van der Waals surface area (Å²) in [5, 5.41) is 14.9. The minimum Gasteiger partial charge on any atom is -0.481 e. The van der Waals surface area contributed by atoms with Crippen LogP contribution in [0.2, 0.25) is 0 Å². The number of carboxylic acid groups (broad SMARTS) is 1. The molecule has 1 aliphatic rings. The number of hydrogen-bond acceptors (Lipinski definition) is 2. The van der Waals surface area contributed by atoms with Crippen LogP contribution in [0, 0.1) is 5.41 Å². The molecule has 5 nitrogen and oxygen atoms in total. The fraction of sp³-hybridized carbons (Fsp3) is 0.467. The van der Waals surface area contributed by atoms with Crippen LogP contribution in [0.25, 0.3) is 0 Å². The maximum atomic E-state index is 11.9. The molecule has 1 aliphatic carbocycles. The lowest BCUT2D eigenvalue weighted by Crippen LogP contribution is -2.45. The van der Waals surface area contributed by atoms with Gasteiger partial charge in [-0.25, -0.2) is 4.79 Å². The number of aliphatic carboxylic acids is 1. The summed E-state index contributed by atoms with van der Waals surface area (Å²) < 4.78 is 0.783.